The molecule has 2 N–H and O–H groups in total. The Balaban J connectivity index is 0.000000264. The van der Waals surface area contributed by atoms with Crippen LogP contribution < -0.4 is 15.2 Å². The Morgan fingerprint density at radius 1 is 0.771 bits per heavy atom. The number of ether oxygens (including phenoxy) is 2. The van der Waals surface area contributed by atoms with Crippen LogP contribution in [0.15, 0.2) is 36.8 Å². The van der Waals surface area contributed by atoms with Crippen molar-refractivity contribution >= 4 is 63.5 Å². The summed E-state index contributed by atoms with van der Waals surface area (Å²) >= 11 is 22.3. The largest absolute Gasteiger partial charge is 0.477 e. The van der Waals surface area contributed by atoms with E-state index in [1.807, 2.05) is 6.92 Å². The van der Waals surface area contributed by atoms with E-state index in [0.29, 0.717) is 29.8 Å². The van der Waals surface area contributed by atoms with Crippen LogP contribution in [0.25, 0.3) is 0 Å². The van der Waals surface area contributed by atoms with Gasteiger partial charge >= 0.3 is 0 Å². The molecule has 0 amide bonds. The number of nitrogens with two attached hydrogens (primary N) is 1. The summed E-state index contributed by atoms with van der Waals surface area (Å²) < 4.78 is 10.1. The second-order valence-corrected chi connectivity index (χ2v) is 7.46. The standard InChI is InChI=1S/C7H7ClN2O3.C7H9ClN2O.C5H2Cl2N2O2/c1-2-13-7-6(8)3-5(4-9-7)10(11)12;1-2-11-7-6(8)3-5(9)4-10-7;6-4-1-3(9(10)11)2-8-5(4)7/h3-4H,2H2,1H3;3-4H,2,9H2,1H3;1-2H. The third-order valence-electron chi connectivity index (χ3n) is 3.39. The molecule has 0 aliphatic rings. The van der Waals surface area contributed by atoms with Crippen molar-refractivity contribution in [2.45, 2.75) is 13.8 Å². The molecule has 0 saturated heterocycles. The summed E-state index contributed by atoms with van der Waals surface area (Å²) in [6.07, 6.45) is 3.67. The molecule has 35 heavy (non-hydrogen) atoms. The van der Waals surface area contributed by atoms with Crippen LogP contribution in [0, 0.1) is 20.2 Å². The molecule has 0 aromatic carbocycles. The summed E-state index contributed by atoms with van der Waals surface area (Å²) in [4.78, 5) is 30.3. The van der Waals surface area contributed by atoms with Crippen molar-refractivity contribution in [2.75, 3.05) is 18.9 Å². The number of hydrogen-bond acceptors (Lipinski definition) is 10. The number of anilines is 1. The van der Waals surface area contributed by atoms with Gasteiger partial charge in [-0.1, -0.05) is 46.4 Å². The van der Waals surface area contributed by atoms with Crippen molar-refractivity contribution in [3.63, 3.8) is 0 Å². The fourth-order valence-corrected chi connectivity index (χ4v) is 2.66. The quantitative estimate of drug-likeness (QED) is 0.210. The molecule has 16 heteroatoms. The Kier molecular flexibility index (Phi) is 12.7. The van der Waals surface area contributed by atoms with Gasteiger partial charge in [-0.25, -0.2) is 15.0 Å². The molecule has 3 aromatic rings. The van der Waals surface area contributed by atoms with E-state index in [2.05, 4.69) is 15.0 Å². The molecule has 3 rings (SSSR count). The van der Waals surface area contributed by atoms with Crippen LogP contribution in [0.4, 0.5) is 17.1 Å². The maximum Gasteiger partial charge on any atom is 0.289 e. The molecule has 0 bridgehead atoms. The number of rotatable bonds is 6. The van der Waals surface area contributed by atoms with Gasteiger partial charge in [-0.2, -0.15) is 0 Å². The zero-order chi connectivity index (χ0) is 26.5. The Hall–Kier alpha value is -3.19. The van der Waals surface area contributed by atoms with E-state index >= 15 is 0 Å². The highest BCUT2D eigenvalue weighted by molar-refractivity contribution is 6.41. The van der Waals surface area contributed by atoms with Gasteiger partial charge in [0.05, 0.1) is 40.0 Å². The van der Waals surface area contributed by atoms with E-state index in [4.69, 9.17) is 61.6 Å². The summed E-state index contributed by atoms with van der Waals surface area (Å²) in [6.45, 7) is 4.62. The van der Waals surface area contributed by atoms with Crippen molar-refractivity contribution in [1.82, 2.24) is 15.0 Å². The van der Waals surface area contributed by atoms with E-state index in [9.17, 15) is 20.2 Å². The number of nitro groups is 2. The van der Waals surface area contributed by atoms with Gasteiger partial charge in [-0.05, 0) is 19.9 Å². The second-order valence-electron chi connectivity index (χ2n) is 5.88. The third kappa shape index (κ3) is 10.3. The Morgan fingerprint density at radius 2 is 1.20 bits per heavy atom. The Bertz CT molecular complexity index is 1170. The molecule has 0 atom stereocenters. The van der Waals surface area contributed by atoms with Crippen LogP contribution in [-0.2, 0) is 0 Å². The highest BCUT2D eigenvalue weighted by Crippen LogP contribution is 2.26. The van der Waals surface area contributed by atoms with Gasteiger partial charge in [0.15, 0.2) is 0 Å². The van der Waals surface area contributed by atoms with Crippen LogP contribution in [-0.4, -0.2) is 38.0 Å². The second kappa shape index (κ2) is 14.9. The molecule has 0 unspecified atom stereocenters. The average Bonchev–Trinajstić information content (AvgIpc) is 2.80. The Morgan fingerprint density at radius 3 is 1.60 bits per heavy atom. The van der Waals surface area contributed by atoms with Gasteiger partial charge in [-0.3, -0.25) is 20.2 Å². The van der Waals surface area contributed by atoms with E-state index in [0.717, 1.165) is 18.5 Å². The first kappa shape index (κ1) is 29.8. The van der Waals surface area contributed by atoms with Gasteiger partial charge < -0.3 is 15.2 Å². The monoisotopic (exact) mass is 566 g/mol. The number of pyridine rings is 3. The van der Waals surface area contributed by atoms with Crippen molar-refractivity contribution in [1.29, 1.82) is 0 Å². The molecular formula is C19H18Cl4N6O6. The van der Waals surface area contributed by atoms with Crippen molar-refractivity contribution in [2.24, 2.45) is 0 Å². The zero-order valence-corrected chi connectivity index (χ0v) is 21.2. The molecule has 188 valence electrons. The molecule has 12 nitrogen and oxygen atoms in total. The molecule has 0 saturated carbocycles. The highest BCUT2D eigenvalue weighted by Gasteiger charge is 2.11. The molecule has 0 spiro atoms. The minimum atomic E-state index is -0.588. The molecule has 0 fully saturated rings. The molecule has 0 aliphatic heterocycles. The first-order valence-electron chi connectivity index (χ1n) is 9.42. The van der Waals surface area contributed by atoms with Crippen LogP contribution >= 0.6 is 46.4 Å². The fraction of sp³-hybridized carbons (Fsp3) is 0.211. The van der Waals surface area contributed by atoms with Crippen LogP contribution in [0.3, 0.4) is 0 Å². The summed E-state index contributed by atoms with van der Waals surface area (Å²) in [6, 6.07) is 3.97. The van der Waals surface area contributed by atoms with Gasteiger partial charge in [-0.15, -0.1) is 0 Å². The number of aromatic nitrogens is 3. The normalized spacial score (nSPS) is 9.66. The van der Waals surface area contributed by atoms with Gasteiger partial charge in [0.1, 0.15) is 27.6 Å². The number of hydrogen-bond donors (Lipinski definition) is 1. The van der Waals surface area contributed by atoms with E-state index < -0.39 is 9.85 Å². The molecule has 3 aromatic heterocycles. The number of nitrogen functional groups attached to an aromatic ring is 1. The Labute approximate surface area is 219 Å². The summed E-state index contributed by atoms with van der Waals surface area (Å²) in [7, 11) is 0. The summed E-state index contributed by atoms with van der Waals surface area (Å²) in [5.41, 5.74) is 5.65. The summed E-state index contributed by atoms with van der Waals surface area (Å²) in [5.74, 6) is 0.651. The maximum absolute atomic E-state index is 10.3. The van der Waals surface area contributed by atoms with Crippen molar-refractivity contribution in [3.8, 4) is 11.8 Å². The lowest BCUT2D eigenvalue weighted by atomic mass is 10.4. The first-order chi connectivity index (χ1) is 16.5. The zero-order valence-electron chi connectivity index (χ0n) is 18.2. The van der Waals surface area contributed by atoms with Crippen molar-refractivity contribution in [3.05, 3.63) is 77.2 Å². The average molecular weight is 568 g/mol. The lowest BCUT2D eigenvalue weighted by Crippen LogP contribution is -1.96. The van der Waals surface area contributed by atoms with Crippen LogP contribution in [0.5, 0.6) is 11.8 Å². The number of nitrogens with zero attached hydrogens (tertiary/aromatic N) is 5. The molecule has 3 heterocycles. The fourth-order valence-electron chi connectivity index (χ4n) is 1.95. The molecular weight excluding hydrogens is 550 g/mol. The number of halogens is 4. The van der Waals surface area contributed by atoms with Gasteiger partial charge in [0, 0.05) is 12.1 Å². The van der Waals surface area contributed by atoms with E-state index in [1.54, 1.807) is 13.0 Å². The van der Waals surface area contributed by atoms with Gasteiger partial charge in [0.25, 0.3) is 11.4 Å². The minimum Gasteiger partial charge on any atom is -0.477 e. The van der Waals surface area contributed by atoms with Gasteiger partial charge in [0.2, 0.25) is 11.8 Å². The molecule has 0 aliphatic carbocycles. The summed E-state index contributed by atoms with van der Waals surface area (Å²) in [5, 5.41) is 21.2. The van der Waals surface area contributed by atoms with Crippen LogP contribution in [0.2, 0.25) is 20.2 Å². The SMILES string of the molecule is CCOc1ncc(N)cc1Cl.CCOc1ncc([N+](=O)[O-])cc1Cl.O=[N+]([O-])c1cnc(Cl)c(Cl)c1. The van der Waals surface area contributed by atoms with Crippen LogP contribution in [0.1, 0.15) is 13.8 Å². The smallest absolute Gasteiger partial charge is 0.289 e. The predicted octanol–water partition coefficient (Wildman–Crippen LogP) is 6.05. The lowest BCUT2D eigenvalue weighted by Gasteiger charge is -2.03. The highest BCUT2D eigenvalue weighted by atomic mass is 35.5. The first-order valence-corrected chi connectivity index (χ1v) is 10.9. The topological polar surface area (TPSA) is 169 Å². The van der Waals surface area contributed by atoms with Crippen molar-refractivity contribution < 1.29 is 19.3 Å². The minimum absolute atomic E-state index is 0.0669. The lowest BCUT2D eigenvalue weighted by molar-refractivity contribution is -0.385. The predicted molar refractivity (Wildman–Crippen MR) is 133 cm³/mol. The third-order valence-corrected chi connectivity index (χ3v) is 4.61. The van der Waals surface area contributed by atoms with E-state index in [1.165, 1.54) is 12.3 Å². The maximum atomic E-state index is 10.3. The molecule has 0 radical (unpaired) electrons. The van der Waals surface area contributed by atoms with E-state index in [-0.39, 0.29) is 32.5 Å².